The Balaban J connectivity index is 2.01. The summed E-state index contributed by atoms with van der Waals surface area (Å²) in [6.45, 7) is 0. The van der Waals surface area contributed by atoms with E-state index in [1.54, 1.807) is 24.3 Å². The molecular weight excluding hydrogens is 325 g/mol. The lowest BCUT2D eigenvalue weighted by molar-refractivity contribution is -0.138. The van der Waals surface area contributed by atoms with E-state index < -0.39 is 12.0 Å². The Morgan fingerprint density at radius 1 is 1.14 bits per heavy atom. The van der Waals surface area contributed by atoms with Crippen molar-refractivity contribution in [2.24, 2.45) is 0 Å². The molecule has 0 amide bonds. The maximum atomic E-state index is 11.6. The molecule has 1 heterocycles. The van der Waals surface area contributed by atoms with Crippen molar-refractivity contribution >= 4 is 45.8 Å². The number of hydrogen-bond donors (Lipinski definition) is 2. The predicted octanol–water partition coefficient (Wildman–Crippen LogP) is 4.98. The van der Waals surface area contributed by atoms with Crippen molar-refractivity contribution < 1.29 is 14.3 Å². The Morgan fingerprint density at radius 3 is 2.50 bits per heavy atom. The number of rotatable bonds is 4. The Hall–Kier alpha value is -2.17. The molecule has 0 saturated heterocycles. The van der Waals surface area contributed by atoms with E-state index in [0.717, 1.165) is 5.39 Å². The highest BCUT2D eigenvalue weighted by Crippen LogP contribution is 2.31. The minimum atomic E-state index is -1.03. The molecule has 6 heteroatoms. The first-order valence-electron chi connectivity index (χ1n) is 6.46. The topological polar surface area (TPSA) is 62.5 Å². The zero-order valence-corrected chi connectivity index (χ0v) is 12.7. The van der Waals surface area contributed by atoms with Gasteiger partial charge in [0.1, 0.15) is 5.58 Å². The van der Waals surface area contributed by atoms with Crippen LogP contribution >= 0.6 is 23.2 Å². The highest BCUT2D eigenvalue weighted by atomic mass is 35.5. The summed E-state index contributed by atoms with van der Waals surface area (Å²) >= 11 is 11.9. The van der Waals surface area contributed by atoms with Crippen molar-refractivity contribution in [3.05, 3.63) is 64.3 Å². The van der Waals surface area contributed by atoms with Gasteiger partial charge in [0.15, 0.2) is 6.04 Å². The summed E-state index contributed by atoms with van der Waals surface area (Å²) in [7, 11) is 0. The van der Waals surface area contributed by atoms with Crippen LogP contribution in [0.4, 0.5) is 5.69 Å². The van der Waals surface area contributed by atoms with E-state index in [-0.39, 0.29) is 0 Å². The molecular formula is C16H11Cl2NO3. The number of hydrogen-bond acceptors (Lipinski definition) is 3. The number of aliphatic carboxylic acids is 1. The van der Waals surface area contributed by atoms with Gasteiger partial charge < -0.3 is 14.8 Å². The van der Waals surface area contributed by atoms with Gasteiger partial charge in [0.2, 0.25) is 0 Å². The summed E-state index contributed by atoms with van der Waals surface area (Å²) < 4.78 is 5.41. The lowest BCUT2D eigenvalue weighted by Crippen LogP contribution is -2.20. The van der Waals surface area contributed by atoms with Crippen LogP contribution in [0.5, 0.6) is 0 Å². The van der Waals surface area contributed by atoms with E-state index in [0.29, 0.717) is 26.9 Å². The Labute approximate surface area is 136 Å². The number of carboxylic acid groups (broad SMARTS) is 1. The summed E-state index contributed by atoms with van der Waals surface area (Å²) in [5, 5.41) is 14.1. The molecule has 0 saturated carbocycles. The molecule has 4 nitrogen and oxygen atoms in total. The van der Waals surface area contributed by atoms with Gasteiger partial charge in [-0.1, -0.05) is 41.4 Å². The quantitative estimate of drug-likeness (QED) is 0.705. The molecule has 0 aliphatic carbocycles. The molecule has 0 aliphatic heterocycles. The van der Waals surface area contributed by atoms with Gasteiger partial charge in [-0.15, -0.1) is 0 Å². The fourth-order valence-corrected chi connectivity index (χ4v) is 2.82. The van der Waals surface area contributed by atoms with E-state index in [4.69, 9.17) is 27.6 Å². The minimum Gasteiger partial charge on any atom is -0.479 e. The summed E-state index contributed by atoms with van der Waals surface area (Å²) in [5.74, 6) is -1.03. The van der Waals surface area contributed by atoms with Gasteiger partial charge in [0, 0.05) is 26.7 Å². The largest absolute Gasteiger partial charge is 0.479 e. The average Bonchev–Trinajstić information content (AvgIpc) is 2.87. The molecule has 0 aliphatic rings. The van der Waals surface area contributed by atoms with E-state index in [1.807, 2.05) is 18.2 Å². The van der Waals surface area contributed by atoms with E-state index in [9.17, 15) is 9.90 Å². The predicted molar refractivity (Wildman–Crippen MR) is 86.7 cm³/mol. The van der Waals surface area contributed by atoms with Crippen molar-refractivity contribution in [2.75, 3.05) is 5.32 Å². The van der Waals surface area contributed by atoms with Gasteiger partial charge in [0.25, 0.3) is 0 Å². The number of anilines is 1. The van der Waals surface area contributed by atoms with Crippen LogP contribution in [-0.2, 0) is 4.79 Å². The van der Waals surface area contributed by atoms with Gasteiger partial charge in [-0.2, -0.15) is 0 Å². The number of nitrogens with one attached hydrogen (secondary N) is 1. The molecule has 2 aromatic carbocycles. The first-order valence-corrected chi connectivity index (χ1v) is 7.22. The number of fused-ring (bicyclic) bond motifs is 1. The number of furan rings is 1. The molecule has 22 heavy (non-hydrogen) atoms. The number of halogens is 2. The number of para-hydroxylation sites is 1. The van der Waals surface area contributed by atoms with Gasteiger partial charge in [-0.3, -0.25) is 0 Å². The van der Waals surface area contributed by atoms with Crippen LogP contribution in [0, 0.1) is 0 Å². The molecule has 1 aromatic heterocycles. The summed E-state index contributed by atoms with van der Waals surface area (Å²) in [6.07, 6.45) is 1.45. The molecule has 1 atom stereocenters. The summed E-state index contributed by atoms with van der Waals surface area (Å²) in [4.78, 5) is 11.6. The standard InChI is InChI=1S/C16H11Cl2NO3/c17-9-5-10(18)7-11(6-9)19-15(16(20)21)13-8-22-14-4-2-1-3-12(13)14/h1-8,15,19H,(H,20,21). The van der Waals surface area contributed by atoms with Crippen LogP contribution in [0.25, 0.3) is 11.0 Å². The van der Waals surface area contributed by atoms with Crippen LogP contribution < -0.4 is 5.32 Å². The molecule has 112 valence electrons. The third kappa shape index (κ3) is 2.89. The van der Waals surface area contributed by atoms with Crippen LogP contribution in [0.3, 0.4) is 0 Å². The second-order valence-electron chi connectivity index (χ2n) is 4.76. The molecule has 0 radical (unpaired) electrons. The van der Waals surface area contributed by atoms with E-state index in [1.165, 1.54) is 6.26 Å². The van der Waals surface area contributed by atoms with Gasteiger partial charge in [-0.05, 0) is 24.3 Å². The smallest absolute Gasteiger partial charge is 0.330 e. The Morgan fingerprint density at radius 2 is 1.82 bits per heavy atom. The zero-order valence-electron chi connectivity index (χ0n) is 11.2. The number of benzene rings is 2. The molecule has 3 rings (SSSR count). The maximum absolute atomic E-state index is 11.6. The van der Waals surface area contributed by atoms with Crippen LogP contribution in [0.1, 0.15) is 11.6 Å². The minimum absolute atomic E-state index is 0.427. The van der Waals surface area contributed by atoms with Crippen LogP contribution in [-0.4, -0.2) is 11.1 Å². The molecule has 1 unspecified atom stereocenters. The van der Waals surface area contributed by atoms with Gasteiger partial charge >= 0.3 is 5.97 Å². The van der Waals surface area contributed by atoms with Crippen molar-refractivity contribution in [1.82, 2.24) is 0 Å². The summed E-state index contributed by atoms with van der Waals surface area (Å²) in [6, 6.07) is 11.1. The third-order valence-electron chi connectivity index (χ3n) is 3.24. The molecule has 0 fully saturated rings. The van der Waals surface area contributed by atoms with Crippen LogP contribution in [0.15, 0.2) is 53.1 Å². The maximum Gasteiger partial charge on any atom is 0.330 e. The first kappa shape index (κ1) is 14.8. The Kier molecular flexibility index (Phi) is 3.96. The van der Waals surface area contributed by atoms with E-state index in [2.05, 4.69) is 5.32 Å². The normalized spacial score (nSPS) is 12.3. The average molecular weight is 336 g/mol. The molecule has 0 spiro atoms. The monoisotopic (exact) mass is 335 g/mol. The van der Waals surface area contributed by atoms with Crippen molar-refractivity contribution in [1.29, 1.82) is 0 Å². The van der Waals surface area contributed by atoms with Gasteiger partial charge in [0.05, 0.1) is 6.26 Å². The summed E-state index contributed by atoms with van der Waals surface area (Å²) in [5.41, 5.74) is 1.70. The lowest BCUT2D eigenvalue weighted by atomic mass is 10.1. The van der Waals surface area contributed by atoms with Crippen molar-refractivity contribution in [3.8, 4) is 0 Å². The molecule has 0 bridgehead atoms. The highest BCUT2D eigenvalue weighted by molar-refractivity contribution is 6.35. The van der Waals surface area contributed by atoms with E-state index >= 15 is 0 Å². The highest BCUT2D eigenvalue weighted by Gasteiger charge is 2.24. The zero-order chi connectivity index (χ0) is 15.7. The van der Waals surface area contributed by atoms with Crippen LogP contribution in [0.2, 0.25) is 10.0 Å². The fourth-order valence-electron chi connectivity index (χ4n) is 2.30. The molecule has 2 N–H and O–H groups in total. The molecule has 3 aromatic rings. The first-order chi connectivity index (χ1) is 10.5. The van der Waals surface area contributed by atoms with Crippen molar-refractivity contribution in [2.45, 2.75) is 6.04 Å². The second kappa shape index (κ2) is 5.91. The number of carbonyl (C=O) groups is 1. The van der Waals surface area contributed by atoms with Crippen molar-refractivity contribution in [3.63, 3.8) is 0 Å². The van der Waals surface area contributed by atoms with Gasteiger partial charge in [-0.25, -0.2) is 4.79 Å². The third-order valence-corrected chi connectivity index (χ3v) is 3.68. The SMILES string of the molecule is O=C(O)C(Nc1cc(Cl)cc(Cl)c1)c1coc2ccccc12. The fraction of sp³-hybridized carbons (Fsp3) is 0.0625. The number of carboxylic acids is 1. The second-order valence-corrected chi connectivity index (χ2v) is 5.63. The lowest BCUT2D eigenvalue weighted by Gasteiger charge is -2.15. The Bertz CT molecular complexity index is 824.